The van der Waals surface area contributed by atoms with Gasteiger partial charge in [-0.2, -0.15) is 0 Å². The Labute approximate surface area is 281 Å². The zero-order valence-electron chi connectivity index (χ0n) is 28.5. The number of hydrogen-bond acceptors (Lipinski definition) is 8. The average molecular weight is 676 g/mol. The highest BCUT2D eigenvalue weighted by Crippen LogP contribution is 2.38. The maximum absolute atomic E-state index is 12.2. The molecule has 1 aromatic rings. The lowest BCUT2D eigenvalue weighted by Gasteiger charge is -2.45. The van der Waals surface area contributed by atoms with E-state index in [2.05, 4.69) is 59.7 Å². The lowest BCUT2D eigenvalue weighted by Crippen LogP contribution is -2.54. The molecule has 2 heterocycles. The van der Waals surface area contributed by atoms with Crippen LogP contribution in [0.25, 0.3) is 0 Å². The Bertz CT molecular complexity index is 1420. The second kappa shape index (κ2) is 16.1. The van der Waals surface area contributed by atoms with Crippen molar-refractivity contribution in [1.29, 1.82) is 5.41 Å². The molecular weight excluding hydrogens is 622 g/mol. The maximum atomic E-state index is 12.2. The predicted molar refractivity (Wildman–Crippen MR) is 192 cm³/mol. The quantitative estimate of drug-likeness (QED) is 0.220. The van der Waals surface area contributed by atoms with E-state index >= 15 is 0 Å². The van der Waals surface area contributed by atoms with Crippen LogP contribution in [-0.4, -0.2) is 89.3 Å². The molecule has 0 spiro atoms. The highest BCUT2D eigenvalue weighted by molar-refractivity contribution is 7.89. The normalized spacial score (nSPS) is 24.3. The molecule has 1 saturated carbocycles. The van der Waals surface area contributed by atoms with Gasteiger partial charge >= 0.3 is 0 Å². The number of anilines is 1. The molecule has 4 rings (SSSR count). The number of amidine groups is 1. The van der Waals surface area contributed by atoms with Gasteiger partial charge < -0.3 is 20.4 Å². The largest absolute Gasteiger partial charge is 0.494 e. The third-order valence-electron chi connectivity index (χ3n) is 9.95. The van der Waals surface area contributed by atoms with Crippen molar-refractivity contribution in [3.63, 3.8) is 0 Å². The van der Waals surface area contributed by atoms with Crippen LogP contribution in [0.5, 0.6) is 5.75 Å². The fraction of sp³-hybridized carbons (Fsp3) is 0.676. The van der Waals surface area contributed by atoms with Gasteiger partial charge in [0.2, 0.25) is 10.0 Å². The van der Waals surface area contributed by atoms with Crippen LogP contribution < -0.4 is 19.7 Å². The summed E-state index contributed by atoms with van der Waals surface area (Å²) in [6, 6.07) is 4.37. The van der Waals surface area contributed by atoms with Gasteiger partial charge in [-0.15, -0.1) is 0 Å². The van der Waals surface area contributed by atoms with Crippen molar-refractivity contribution in [3.05, 3.63) is 28.4 Å². The number of sulfonamides is 1. The monoisotopic (exact) mass is 675 g/mol. The Hall–Kier alpha value is -2.47. The van der Waals surface area contributed by atoms with Gasteiger partial charge in [-0.05, 0) is 90.1 Å². The van der Waals surface area contributed by atoms with Crippen molar-refractivity contribution >= 4 is 51.3 Å². The molecular formula is C34H54ClN7O3S. The topological polar surface area (TPSA) is 122 Å². The Morgan fingerprint density at radius 2 is 1.96 bits per heavy atom. The first-order valence-corrected chi connectivity index (χ1v) is 18.8. The van der Waals surface area contributed by atoms with Crippen LogP contribution >= 0.6 is 11.6 Å². The van der Waals surface area contributed by atoms with Crippen LogP contribution in [-0.2, 0) is 10.0 Å². The summed E-state index contributed by atoms with van der Waals surface area (Å²) in [5, 5.41) is 11.7. The van der Waals surface area contributed by atoms with Crippen molar-refractivity contribution in [2.24, 2.45) is 21.8 Å². The number of hydrogen-bond donors (Lipinski definition) is 3. The fourth-order valence-electron chi connectivity index (χ4n) is 7.10. The molecule has 3 unspecified atom stereocenters. The standard InChI is InChI=1S/C34H54ClN7O3S/c1-7-26-20-32(38-22-28(35)33(26)39-27-11-8-10-25(19-27)23-46(43,44)37-5)40-29-18-24(2)30(21-31(29)45-6)41-14-16-42(17-15-41)34(3,4)12-9-13-36/h13,18,21-22,25-27,36-37,39H,7-12,14-17,19-20,23H2,1-6H3. The molecule has 256 valence electrons. The molecule has 3 N–H and O–H groups in total. The Kier molecular flexibility index (Phi) is 12.7. The van der Waals surface area contributed by atoms with Gasteiger partial charge in [0.1, 0.15) is 17.3 Å². The van der Waals surface area contributed by atoms with Crippen molar-refractivity contribution < 1.29 is 13.2 Å². The number of aliphatic imine (C=N–C) groups is 2. The highest BCUT2D eigenvalue weighted by atomic mass is 35.5. The van der Waals surface area contributed by atoms with Gasteiger partial charge in [0.15, 0.2) is 0 Å². The van der Waals surface area contributed by atoms with Crippen LogP contribution in [0.4, 0.5) is 11.4 Å². The first-order chi connectivity index (χ1) is 21.9. The van der Waals surface area contributed by atoms with Gasteiger partial charge in [-0.1, -0.05) is 24.9 Å². The second-order valence-electron chi connectivity index (χ2n) is 13.6. The number of piperazine rings is 1. The Balaban J connectivity index is 1.46. The number of aryl methyl sites for hydroxylation is 1. The van der Waals surface area contributed by atoms with Gasteiger partial charge in [0, 0.05) is 73.8 Å². The van der Waals surface area contributed by atoms with E-state index < -0.39 is 10.0 Å². The molecule has 3 atom stereocenters. The number of nitrogens with one attached hydrogen (secondary N) is 3. The Morgan fingerprint density at radius 3 is 2.61 bits per heavy atom. The zero-order chi connectivity index (χ0) is 33.5. The van der Waals surface area contributed by atoms with E-state index in [1.54, 1.807) is 13.3 Å². The molecule has 0 aromatic heterocycles. The molecule has 0 amide bonds. The first-order valence-electron chi connectivity index (χ1n) is 16.8. The maximum Gasteiger partial charge on any atom is 0.211 e. The molecule has 1 aliphatic carbocycles. The summed E-state index contributed by atoms with van der Waals surface area (Å²) in [5.74, 6) is 1.81. The smallest absolute Gasteiger partial charge is 0.211 e. The lowest BCUT2D eigenvalue weighted by atomic mass is 9.86. The molecule has 12 heteroatoms. The molecule has 0 bridgehead atoms. The number of methoxy groups -OCH3 is 1. The van der Waals surface area contributed by atoms with Crippen molar-refractivity contribution in [3.8, 4) is 5.75 Å². The van der Waals surface area contributed by atoms with E-state index in [9.17, 15) is 8.42 Å². The number of ether oxygens (including phenoxy) is 1. The van der Waals surface area contributed by atoms with Gasteiger partial charge in [-0.3, -0.25) is 4.90 Å². The summed E-state index contributed by atoms with van der Waals surface area (Å²) < 4.78 is 32.7. The minimum absolute atomic E-state index is 0.0768. The molecule has 1 aromatic carbocycles. The zero-order valence-corrected chi connectivity index (χ0v) is 30.1. The van der Waals surface area contributed by atoms with Crippen LogP contribution in [0.15, 0.2) is 32.8 Å². The summed E-state index contributed by atoms with van der Waals surface area (Å²) in [5.41, 5.74) is 4.11. The van der Waals surface area contributed by atoms with Crippen molar-refractivity contribution in [2.75, 3.05) is 51.0 Å². The number of allylic oxidation sites excluding steroid dienone is 2. The third kappa shape index (κ3) is 9.33. The molecule has 10 nitrogen and oxygen atoms in total. The summed E-state index contributed by atoms with van der Waals surface area (Å²) in [7, 11) is -0.0819. The third-order valence-corrected chi connectivity index (χ3v) is 11.8. The second-order valence-corrected chi connectivity index (χ2v) is 15.9. The first kappa shape index (κ1) is 36.4. The van der Waals surface area contributed by atoms with E-state index in [-0.39, 0.29) is 29.2 Å². The van der Waals surface area contributed by atoms with Crippen LogP contribution in [0.2, 0.25) is 0 Å². The lowest BCUT2D eigenvalue weighted by molar-refractivity contribution is 0.106. The summed E-state index contributed by atoms with van der Waals surface area (Å²) in [6.07, 6.45) is 10.2. The van der Waals surface area contributed by atoms with E-state index in [1.807, 2.05) is 0 Å². The van der Waals surface area contributed by atoms with Gasteiger partial charge in [0.05, 0.1) is 17.9 Å². The van der Waals surface area contributed by atoms with E-state index in [0.717, 1.165) is 99.5 Å². The number of rotatable bonds is 13. The molecule has 2 aliphatic heterocycles. The van der Waals surface area contributed by atoms with E-state index in [1.165, 1.54) is 13.3 Å². The van der Waals surface area contributed by atoms with Crippen LogP contribution in [0.1, 0.15) is 77.7 Å². The molecule has 2 fully saturated rings. The summed E-state index contributed by atoms with van der Waals surface area (Å²) in [6.45, 7) is 12.7. The molecule has 1 saturated heterocycles. The average Bonchev–Trinajstić information content (AvgIpc) is 3.18. The van der Waals surface area contributed by atoms with Crippen LogP contribution in [0, 0.1) is 24.2 Å². The van der Waals surface area contributed by atoms with Crippen molar-refractivity contribution in [1.82, 2.24) is 14.9 Å². The molecule has 3 aliphatic rings. The summed E-state index contributed by atoms with van der Waals surface area (Å²) >= 11 is 6.83. The van der Waals surface area contributed by atoms with Gasteiger partial charge in [-0.25, -0.2) is 23.1 Å². The number of benzene rings is 1. The molecule has 46 heavy (non-hydrogen) atoms. The fourth-order valence-corrected chi connectivity index (χ4v) is 8.44. The predicted octanol–water partition coefficient (Wildman–Crippen LogP) is 6.01. The SMILES string of the molecule is CCC1CC(=Nc2cc(C)c(N3CCN(C(C)(C)CCC=N)CC3)cc2OC)N=CC(Cl)=C1NC1CCCC(CS(=O)(=O)NC)C1. The Morgan fingerprint density at radius 1 is 1.22 bits per heavy atom. The summed E-state index contributed by atoms with van der Waals surface area (Å²) in [4.78, 5) is 14.7. The minimum atomic E-state index is -3.25. The minimum Gasteiger partial charge on any atom is -0.494 e. The van der Waals surface area contributed by atoms with E-state index in [0.29, 0.717) is 17.3 Å². The number of nitrogens with zero attached hydrogens (tertiary/aromatic N) is 4. The van der Waals surface area contributed by atoms with Crippen LogP contribution in [0.3, 0.4) is 0 Å². The van der Waals surface area contributed by atoms with Gasteiger partial charge in [0.25, 0.3) is 0 Å². The van der Waals surface area contributed by atoms with Crippen molar-refractivity contribution in [2.45, 2.75) is 90.6 Å². The highest BCUT2D eigenvalue weighted by Gasteiger charge is 2.31. The van der Waals surface area contributed by atoms with E-state index in [4.69, 9.17) is 31.7 Å². The number of halogens is 1. The molecule has 0 radical (unpaired) electrons.